The second kappa shape index (κ2) is 6.31. The quantitative estimate of drug-likeness (QED) is 0.924. The number of halogens is 1. The predicted molar refractivity (Wildman–Crippen MR) is 88.2 cm³/mol. The van der Waals surface area contributed by atoms with Crippen molar-refractivity contribution in [3.05, 3.63) is 64.1 Å². The molecular weight excluding hydrogens is 328 g/mol. The van der Waals surface area contributed by atoms with Gasteiger partial charge in [0.1, 0.15) is 0 Å². The number of para-hydroxylation sites is 1. The summed E-state index contributed by atoms with van der Waals surface area (Å²) in [6, 6.07) is 16.2. The first-order valence-corrected chi connectivity index (χ1v) is 7.86. The fourth-order valence-electron chi connectivity index (χ4n) is 2.60. The van der Waals surface area contributed by atoms with Crippen LogP contribution in [0, 0.1) is 0 Å². The van der Waals surface area contributed by atoms with Crippen molar-refractivity contribution >= 4 is 27.5 Å². The van der Waals surface area contributed by atoms with Crippen LogP contribution in [0.4, 0.5) is 5.69 Å². The minimum atomic E-state index is 0.139. The third kappa shape index (κ3) is 3.27. The van der Waals surface area contributed by atoms with Crippen LogP contribution in [0.5, 0.6) is 0 Å². The van der Waals surface area contributed by atoms with E-state index in [0.29, 0.717) is 13.1 Å². The minimum absolute atomic E-state index is 0.139. The number of nitrogens with zero attached hydrogens (tertiary/aromatic N) is 1. The Hall–Kier alpha value is -1.81. The van der Waals surface area contributed by atoms with E-state index in [1.807, 2.05) is 35.2 Å². The SMILES string of the molecule is O=C(CNc1ccccc1Br)N1CCc2ccccc2C1. The van der Waals surface area contributed by atoms with Gasteiger partial charge < -0.3 is 10.2 Å². The Labute approximate surface area is 133 Å². The molecule has 108 valence electrons. The maximum absolute atomic E-state index is 12.3. The molecule has 0 spiro atoms. The molecule has 0 unspecified atom stereocenters. The van der Waals surface area contributed by atoms with Crippen molar-refractivity contribution in [2.24, 2.45) is 0 Å². The fraction of sp³-hybridized carbons (Fsp3) is 0.235. The Kier molecular flexibility index (Phi) is 4.25. The van der Waals surface area contributed by atoms with Crippen molar-refractivity contribution < 1.29 is 4.79 Å². The number of hydrogen-bond donors (Lipinski definition) is 1. The van der Waals surface area contributed by atoms with Gasteiger partial charge in [-0.25, -0.2) is 0 Å². The van der Waals surface area contributed by atoms with Gasteiger partial charge in [0.25, 0.3) is 0 Å². The van der Waals surface area contributed by atoms with E-state index in [0.717, 1.165) is 23.1 Å². The van der Waals surface area contributed by atoms with Crippen molar-refractivity contribution in [2.75, 3.05) is 18.4 Å². The molecule has 21 heavy (non-hydrogen) atoms. The maximum atomic E-state index is 12.3. The molecule has 1 N–H and O–H groups in total. The van der Waals surface area contributed by atoms with Gasteiger partial charge in [-0.15, -0.1) is 0 Å². The number of hydrogen-bond acceptors (Lipinski definition) is 2. The van der Waals surface area contributed by atoms with Gasteiger partial charge in [0, 0.05) is 23.2 Å². The lowest BCUT2D eigenvalue weighted by molar-refractivity contribution is -0.130. The molecule has 3 rings (SSSR count). The molecule has 2 aromatic carbocycles. The van der Waals surface area contributed by atoms with Gasteiger partial charge in [-0.05, 0) is 45.6 Å². The average Bonchev–Trinajstić information content (AvgIpc) is 2.53. The molecule has 1 aliphatic rings. The summed E-state index contributed by atoms with van der Waals surface area (Å²) in [5.74, 6) is 0.139. The number of carbonyl (C=O) groups excluding carboxylic acids is 1. The van der Waals surface area contributed by atoms with Crippen LogP contribution in [-0.4, -0.2) is 23.9 Å². The van der Waals surface area contributed by atoms with Crippen LogP contribution in [0.2, 0.25) is 0 Å². The summed E-state index contributed by atoms with van der Waals surface area (Å²) in [7, 11) is 0. The van der Waals surface area contributed by atoms with E-state index in [4.69, 9.17) is 0 Å². The largest absolute Gasteiger partial charge is 0.375 e. The molecule has 1 heterocycles. The number of carbonyl (C=O) groups is 1. The monoisotopic (exact) mass is 344 g/mol. The molecule has 0 aromatic heterocycles. The van der Waals surface area contributed by atoms with Crippen LogP contribution in [0.3, 0.4) is 0 Å². The number of rotatable bonds is 3. The molecule has 3 nitrogen and oxygen atoms in total. The van der Waals surface area contributed by atoms with Crippen molar-refractivity contribution in [3.63, 3.8) is 0 Å². The van der Waals surface area contributed by atoms with Crippen LogP contribution in [0.25, 0.3) is 0 Å². The van der Waals surface area contributed by atoms with Gasteiger partial charge in [-0.1, -0.05) is 36.4 Å². The molecular formula is C17H17BrN2O. The third-order valence-corrected chi connectivity index (χ3v) is 4.48. The summed E-state index contributed by atoms with van der Waals surface area (Å²) >= 11 is 3.48. The number of nitrogens with one attached hydrogen (secondary N) is 1. The molecule has 0 fully saturated rings. The molecule has 0 saturated carbocycles. The topological polar surface area (TPSA) is 32.3 Å². The third-order valence-electron chi connectivity index (χ3n) is 3.79. The first-order chi connectivity index (χ1) is 10.2. The number of benzene rings is 2. The smallest absolute Gasteiger partial charge is 0.242 e. The highest BCUT2D eigenvalue weighted by molar-refractivity contribution is 9.10. The zero-order chi connectivity index (χ0) is 14.7. The van der Waals surface area contributed by atoms with Crippen molar-refractivity contribution in [1.82, 2.24) is 4.90 Å². The predicted octanol–water partition coefficient (Wildman–Crippen LogP) is 3.45. The normalized spacial score (nSPS) is 13.7. The zero-order valence-electron chi connectivity index (χ0n) is 11.7. The van der Waals surface area contributed by atoms with Gasteiger partial charge in [-0.3, -0.25) is 4.79 Å². The van der Waals surface area contributed by atoms with E-state index in [2.05, 4.69) is 39.4 Å². The van der Waals surface area contributed by atoms with Crippen molar-refractivity contribution in [2.45, 2.75) is 13.0 Å². The molecule has 0 aliphatic carbocycles. The fourth-order valence-corrected chi connectivity index (χ4v) is 3.02. The lowest BCUT2D eigenvalue weighted by atomic mass is 10.00. The Morgan fingerprint density at radius 1 is 1.10 bits per heavy atom. The number of fused-ring (bicyclic) bond motifs is 1. The van der Waals surface area contributed by atoms with Gasteiger partial charge >= 0.3 is 0 Å². The number of anilines is 1. The summed E-state index contributed by atoms with van der Waals surface area (Å²) in [5, 5.41) is 3.20. The molecule has 0 bridgehead atoms. The van der Waals surface area contributed by atoms with Crippen LogP contribution >= 0.6 is 15.9 Å². The van der Waals surface area contributed by atoms with Crippen LogP contribution in [-0.2, 0) is 17.8 Å². The summed E-state index contributed by atoms with van der Waals surface area (Å²) in [5.41, 5.74) is 3.57. The minimum Gasteiger partial charge on any atom is -0.375 e. The molecule has 1 amide bonds. The van der Waals surface area contributed by atoms with E-state index in [1.165, 1.54) is 11.1 Å². The Balaban J connectivity index is 1.61. The van der Waals surface area contributed by atoms with E-state index >= 15 is 0 Å². The highest BCUT2D eigenvalue weighted by atomic mass is 79.9. The van der Waals surface area contributed by atoms with Gasteiger partial charge in [0.2, 0.25) is 5.91 Å². The van der Waals surface area contributed by atoms with Gasteiger partial charge in [0.15, 0.2) is 0 Å². The first-order valence-electron chi connectivity index (χ1n) is 7.07. The zero-order valence-corrected chi connectivity index (χ0v) is 13.3. The average molecular weight is 345 g/mol. The Bertz CT molecular complexity index is 657. The second-order valence-electron chi connectivity index (χ2n) is 5.17. The van der Waals surface area contributed by atoms with E-state index in [9.17, 15) is 4.79 Å². The molecule has 0 saturated heterocycles. The summed E-state index contributed by atoms with van der Waals surface area (Å²) in [6.45, 7) is 1.84. The molecule has 4 heteroatoms. The lowest BCUT2D eigenvalue weighted by Crippen LogP contribution is -2.39. The van der Waals surface area contributed by atoms with Crippen LogP contribution in [0.15, 0.2) is 53.0 Å². The maximum Gasteiger partial charge on any atom is 0.242 e. The van der Waals surface area contributed by atoms with E-state index < -0.39 is 0 Å². The Morgan fingerprint density at radius 3 is 2.62 bits per heavy atom. The number of amides is 1. The van der Waals surface area contributed by atoms with E-state index in [-0.39, 0.29) is 5.91 Å². The van der Waals surface area contributed by atoms with Crippen LogP contribution in [0.1, 0.15) is 11.1 Å². The van der Waals surface area contributed by atoms with Crippen molar-refractivity contribution in [1.29, 1.82) is 0 Å². The van der Waals surface area contributed by atoms with Crippen molar-refractivity contribution in [3.8, 4) is 0 Å². The summed E-state index contributed by atoms with van der Waals surface area (Å²) < 4.78 is 0.974. The Morgan fingerprint density at radius 2 is 1.81 bits per heavy atom. The molecule has 2 aromatic rings. The second-order valence-corrected chi connectivity index (χ2v) is 6.02. The highest BCUT2D eigenvalue weighted by Gasteiger charge is 2.19. The highest BCUT2D eigenvalue weighted by Crippen LogP contribution is 2.22. The lowest BCUT2D eigenvalue weighted by Gasteiger charge is -2.29. The summed E-state index contributed by atoms with van der Waals surface area (Å²) in [6.07, 6.45) is 0.941. The van der Waals surface area contributed by atoms with E-state index in [1.54, 1.807) is 0 Å². The molecule has 1 aliphatic heterocycles. The van der Waals surface area contributed by atoms with Gasteiger partial charge in [0.05, 0.1) is 6.54 Å². The molecule has 0 radical (unpaired) electrons. The summed E-state index contributed by atoms with van der Waals surface area (Å²) in [4.78, 5) is 14.3. The van der Waals surface area contributed by atoms with Crippen LogP contribution < -0.4 is 5.32 Å². The standard InChI is InChI=1S/C17H17BrN2O/c18-15-7-3-4-8-16(15)19-11-17(21)20-10-9-13-5-1-2-6-14(13)12-20/h1-8,19H,9-12H2. The van der Waals surface area contributed by atoms with Gasteiger partial charge in [-0.2, -0.15) is 0 Å². The molecule has 0 atom stereocenters. The first kappa shape index (κ1) is 14.1.